The zero-order chi connectivity index (χ0) is 26.4. The number of fused-ring (bicyclic) bond motifs is 1. The van der Waals surface area contributed by atoms with E-state index in [1.807, 2.05) is 13.8 Å². The third-order valence-corrected chi connectivity index (χ3v) is 7.72. The summed E-state index contributed by atoms with van der Waals surface area (Å²) in [5.41, 5.74) is -0.860. The lowest BCUT2D eigenvalue weighted by Gasteiger charge is -2.31. The van der Waals surface area contributed by atoms with Crippen LogP contribution in [0.25, 0.3) is 0 Å². The number of amides is 3. The number of carboxylic acids is 1. The Kier molecular flexibility index (Phi) is 6.89. The molecule has 0 unspecified atom stereocenters. The molecule has 12 heteroatoms. The van der Waals surface area contributed by atoms with Gasteiger partial charge in [-0.3, -0.25) is 19.2 Å². The predicted octanol–water partition coefficient (Wildman–Crippen LogP) is 1.48. The Hall–Kier alpha value is -3.31. The van der Waals surface area contributed by atoms with Crippen molar-refractivity contribution in [3.05, 3.63) is 29.6 Å². The highest BCUT2D eigenvalue weighted by Gasteiger charge is 2.69. The Morgan fingerprint density at radius 3 is 2.47 bits per heavy atom. The number of carbonyl (C=O) groups excluding carboxylic acids is 3. The molecule has 9 nitrogen and oxygen atoms in total. The monoisotopic (exact) mass is 510 g/mol. The Balaban J connectivity index is 1.46. The van der Waals surface area contributed by atoms with Crippen LogP contribution in [0.5, 0.6) is 0 Å². The summed E-state index contributed by atoms with van der Waals surface area (Å²) in [4.78, 5) is 51.1. The van der Waals surface area contributed by atoms with Gasteiger partial charge in [0.1, 0.15) is 17.5 Å². The molecular weight excluding hydrogens is 481 g/mol. The first-order chi connectivity index (χ1) is 16.9. The third kappa shape index (κ3) is 4.98. The Morgan fingerprint density at radius 1 is 1.22 bits per heavy atom. The van der Waals surface area contributed by atoms with Crippen LogP contribution in [-0.2, 0) is 19.2 Å². The van der Waals surface area contributed by atoms with Gasteiger partial charge in [-0.1, -0.05) is 13.8 Å². The lowest BCUT2D eigenvalue weighted by atomic mass is 9.95. The van der Waals surface area contributed by atoms with Crippen molar-refractivity contribution in [1.82, 2.24) is 15.5 Å². The average Bonchev–Trinajstić information content (AvgIpc) is 3.12. The molecule has 36 heavy (non-hydrogen) atoms. The summed E-state index contributed by atoms with van der Waals surface area (Å²) in [7, 11) is 0. The SMILES string of the molecule is CC1(C)[C@@H]2[C@@H](C(=O)N[C@H](CC(=O)O)C[C@@H]3CCNC3=O)N(C(=O)CNc3c(F)cc(F)cc3F)C[C@@H]21. The lowest BCUT2D eigenvalue weighted by Crippen LogP contribution is -2.53. The number of hydrogen-bond donors (Lipinski definition) is 4. The quantitative estimate of drug-likeness (QED) is 0.399. The van der Waals surface area contributed by atoms with Gasteiger partial charge in [0.05, 0.1) is 13.0 Å². The largest absolute Gasteiger partial charge is 0.481 e. The van der Waals surface area contributed by atoms with Crippen molar-refractivity contribution in [2.45, 2.75) is 45.2 Å². The Labute approximate surface area is 205 Å². The lowest BCUT2D eigenvalue weighted by molar-refractivity contribution is -0.141. The average molecular weight is 511 g/mol. The first-order valence-corrected chi connectivity index (χ1v) is 11.9. The van der Waals surface area contributed by atoms with E-state index in [-0.39, 0.29) is 42.5 Å². The molecular formula is C24H29F3N4O5. The molecule has 0 aromatic heterocycles. The number of nitrogens with one attached hydrogen (secondary N) is 3. The minimum absolute atomic E-state index is 0.0371. The van der Waals surface area contributed by atoms with Crippen LogP contribution >= 0.6 is 0 Å². The summed E-state index contributed by atoms with van der Waals surface area (Å²) in [6.45, 7) is 4.18. The van der Waals surface area contributed by atoms with Crippen LogP contribution in [-0.4, -0.2) is 65.4 Å². The van der Waals surface area contributed by atoms with Crippen LogP contribution < -0.4 is 16.0 Å². The molecule has 1 aromatic carbocycles. The smallest absolute Gasteiger partial charge is 0.305 e. The number of hydrogen-bond acceptors (Lipinski definition) is 5. The van der Waals surface area contributed by atoms with E-state index in [1.165, 1.54) is 4.90 Å². The normalized spacial score (nSPS) is 26.7. The van der Waals surface area contributed by atoms with Crippen molar-refractivity contribution in [3.8, 4) is 0 Å². The number of nitrogens with zero attached hydrogens (tertiary/aromatic N) is 1. The van der Waals surface area contributed by atoms with Crippen molar-refractivity contribution in [1.29, 1.82) is 0 Å². The maximum absolute atomic E-state index is 13.9. The highest BCUT2D eigenvalue weighted by Crippen LogP contribution is 2.64. The van der Waals surface area contributed by atoms with Crippen LogP contribution in [0.2, 0.25) is 0 Å². The number of carboxylic acid groups (broad SMARTS) is 1. The number of rotatable bonds is 9. The van der Waals surface area contributed by atoms with E-state index in [4.69, 9.17) is 0 Å². The second kappa shape index (κ2) is 9.62. The van der Waals surface area contributed by atoms with Gasteiger partial charge >= 0.3 is 5.97 Å². The van der Waals surface area contributed by atoms with Gasteiger partial charge in [-0.15, -0.1) is 0 Å². The maximum Gasteiger partial charge on any atom is 0.305 e. The number of aliphatic carboxylic acids is 1. The van der Waals surface area contributed by atoms with Gasteiger partial charge in [0.25, 0.3) is 0 Å². The molecule has 1 aliphatic carbocycles. The molecule has 0 bridgehead atoms. The summed E-state index contributed by atoms with van der Waals surface area (Å²) < 4.78 is 41.1. The van der Waals surface area contributed by atoms with E-state index in [0.29, 0.717) is 25.1 Å². The standard InChI is InChI=1S/C24H29F3N4O5/c1-24(2)14-10-31(17(32)9-29-20-15(26)6-12(25)7-16(20)27)21(19(14)24)23(36)30-13(8-18(33)34)5-11-3-4-28-22(11)35/h6-7,11,13-14,19,21,29H,3-5,8-10H2,1-2H3,(H,28,35)(H,30,36)(H,33,34)/t11-,13-,14-,19-,21-/m0/s1. The fraction of sp³-hybridized carbons (Fsp3) is 0.583. The van der Waals surface area contributed by atoms with Gasteiger partial charge in [0.15, 0.2) is 11.6 Å². The number of halogens is 3. The van der Waals surface area contributed by atoms with Crippen molar-refractivity contribution in [3.63, 3.8) is 0 Å². The Morgan fingerprint density at radius 2 is 1.89 bits per heavy atom. The number of anilines is 1. The van der Waals surface area contributed by atoms with Gasteiger partial charge in [0.2, 0.25) is 17.7 Å². The molecule has 196 valence electrons. The minimum Gasteiger partial charge on any atom is -0.481 e. The van der Waals surface area contributed by atoms with Crippen LogP contribution in [0.15, 0.2) is 12.1 Å². The summed E-state index contributed by atoms with van der Waals surface area (Å²) in [5, 5.41) is 17.1. The van der Waals surface area contributed by atoms with Gasteiger partial charge in [-0.05, 0) is 30.1 Å². The first-order valence-electron chi connectivity index (χ1n) is 11.9. The molecule has 0 radical (unpaired) electrons. The Bertz CT molecular complexity index is 1070. The van der Waals surface area contributed by atoms with Crippen LogP contribution in [0.1, 0.15) is 33.1 Å². The number of carbonyl (C=O) groups is 4. The molecule has 3 amide bonds. The first kappa shape index (κ1) is 25.8. The van der Waals surface area contributed by atoms with E-state index in [0.717, 1.165) is 0 Å². The van der Waals surface area contributed by atoms with Crippen molar-refractivity contribution in [2.75, 3.05) is 25.0 Å². The van der Waals surface area contributed by atoms with Crippen molar-refractivity contribution >= 4 is 29.4 Å². The zero-order valence-electron chi connectivity index (χ0n) is 19.9. The van der Waals surface area contributed by atoms with Crippen molar-refractivity contribution in [2.24, 2.45) is 23.2 Å². The molecule has 1 saturated carbocycles. The van der Waals surface area contributed by atoms with Crippen LogP contribution in [0, 0.1) is 40.6 Å². The third-order valence-electron chi connectivity index (χ3n) is 7.72. The number of benzene rings is 1. The summed E-state index contributed by atoms with van der Waals surface area (Å²) in [6, 6.07) is -0.710. The van der Waals surface area contributed by atoms with Gasteiger partial charge in [0, 0.05) is 37.2 Å². The van der Waals surface area contributed by atoms with E-state index in [9.17, 15) is 37.5 Å². The predicted molar refractivity (Wildman–Crippen MR) is 121 cm³/mol. The fourth-order valence-corrected chi connectivity index (χ4v) is 5.72. The number of piperidine rings is 1. The zero-order valence-corrected chi connectivity index (χ0v) is 19.9. The molecule has 3 fully saturated rings. The van der Waals surface area contributed by atoms with E-state index in [2.05, 4.69) is 16.0 Å². The van der Waals surface area contributed by atoms with Gasteiger partial charge in [-0.25, -0.2) is 13.2 Å². The molecule has 2 heterocycles. The maximum atomic E-state index is 13.9. The van der Waals surface area contributed by atoms with Crippen LogP contribution in [0.4, 0.5) is 18.9 Å². The molecule has 4 rings (SSSR count). The topological polar surface area (TPSA) is 128 Å². The summed E-state index contributed by atoms with van der Waals surface area (Å²) in [5.74, 6) is -6.42. The molecule has 1 aromatic rings. The minimum atomic E-state index is -1.19. The molecule has 4 N–H and O–H groups in total. The number of likely N-dealkylation sites (tertiary alicyclic amines) is 1. The summed E-state index contributed by atoms with van der Waals surface area (Å²) >= 11 is 0. The van der Waals surface area contributed by atoms with E-state index >= 15 is 0 Å². The molecule has 0 spiro atoms. The highest BCUT2D eigenvalue weighted by atomic mass is 19.1. The van der Waals surface area contributed by atoms with Crippen molar-refractivity contribution < 1.29 is 37.5 Å². The van der Waals surface area contributed by atoms with Gasteiger partial charge in [-0.2, -0.15) is 0 Å². The molecule has 3 aliphatic rings. The molecule has 2 saturated heterocycles. The van der Waals surface area contributed by atoms with Gasteiger partial charge < -0.3 is 26.0 Å². The highest BCUT2D eigenvalue weighted by molar-refractivity contribution is 5.91. The second-order valence-electron chi connectivity index (χ2n) is 10.4. The molecule has 2 aliphatic heterocycles. The fourth-order valence-electron chi connectivity index (χ4n) is 5.72. The van der Waals surface area contributed by atoms with E-state index < -0.39 is 65.5 Å². The summed E-state index contributed by atoms with van der Waals surface area (Å²) in [6.07, 6.45) is 0.323. The molecule has 5 atom stereocenters. The van der Waals surface area contributed by atoms with Crippen LogP contribution in [0.3, 0.4) is 0 Å². The van der Waals surface area contributed by atoms with E-state index in [1.54, 1.807) is 0 Å². The second-order valence-corrected chi connectivity index (χ2v) is 10.4.